The molecule has 3 rings (SSSR count). The lowest BCUT2D eigenvalue weighted by Crippen LogP contribution is -2.38. The van der Waals surface area contributed by atoms with E-state index in [0.29, 0.717) is 6.04 Å². The Kier molecular flexibility index (Phi) is 4.54. The highest BCUT2D eigenvalue weighted by molar-refractivity contribution is 14.1. The van der Waals surface area contributed by atoms with Crippen molar-refractivity contribution in [1.82, 2.24) is 5.32 Å². The maximum Gasteiger partial charge on any atom is 0.0479 e. The summed E-state index contributed by atoms with van der Waals surface area (Å²) < 4.78 is 1.22. The first-order chi connectivity index (χ1) is 9.24. The Labute approximate surface area is 133 Å². The summed E-state index contributed by atoms with van der Waals surface area (Å²) in [5.74, 6) is 0.786. The van der Waals surface area contributed by atoms with E-state index in [4.69, 9.17) is 11.6 Å². The summed E-state index contributed by atoms with van der Waals surface area (Å²) in [6.07, 6.45) is 6.69. The molecule has 0 spiro atoms. The highest BCUT2D eigenvalue weighted by Gasteiger charge is 2.35. The Bertz CT molecular complexity index is 446. The van der Waals surface area contributed by atoms with Crippen LogP contribution in [0.15, 0.2) is 18.2 Å². The molecule has 2 N–H and O–H groups in total. The maximum atomic E-state index is 6.02. The molecular formula is C15H20ClIN2. The van der Waals surface area contributed by atoms with E-state index in [2.05, 4.69) is 39.3 Å². The quantitative estimate of drug-likeness (QED) is 0.753. The van der Waals surface area contributed by atoms with Gasteiger partial charge in [0.1, 0.15) is 0 Å². The fraction of sp³-hybridized carbons (Fsp3) is 0.600. The molecule has 2 fully saturated rings. The summed E-state index contributed by atoms with van der Waals surface area (Å²) in [6.45, 7) is 1.20. The molecule has 104 valence electrons. The smallest absolute Gasteiger partial charge is 0.0479 e. The van der Waals surface area contributed by atoms with Gasteiger partial charge in [-0.1, -0.05) is 18.0 Å². The third-order valence-electron chi connectivity index (χ3n) is 4.46. The van der Waals surface area contributed by atoms with Gasteiger partial charge in [0.15, 0.2) is 0 Å². The maximum absolute atomic E-state index is 6.02. The van der Waals surface area contributed by atoms with Gasteiger partial charge in [0.25, 0.3) is 0 Å². The Morgan fingerprint density at radius 2 is 2.11 bits per heavy atom. The lowest BCUT2D eigenvalue weighted by molar-refractivity contribution is 0.376. The van der Waals surface area contributed by atoms with Gasteiger partial charge in [-0.3, -0.25) is 0 Å². The number of benzene rings is 1. The lowest BCUT2D eigenvalue weighted by atomic mass is 9.93. The van der Waals surface area contributed by atoms with Gasteiger partial charge in [0.05, 0.1) is 0 Å². The SMILES string of the molecule is Clc1ccc(NC2CCCC2C2CCCN2)c(I)c1. The van der Waals surface area contributed by atoms with E-state index in [1.807, 2.05) is 12.1 Å². The molecule has 1 heterocycles. The van der Waals surface area contributed by atoms with Crippen LogP contribution < -0.4 is 10.6 Å². The minimum atomic E-state index is 0.616. The molecule has 2 nitrogen and oxygen atoms in total. The van der Waals surface area contributed by atoms with Gasteiger partial charge in [-0.2, -0.15) is 0 Å². The van der Waals surface area contributed by atoms with Crippen molar-refractivity contribution in [1.29, 1.82) is 0 Å². The molecule has 4 heteroatoms. The first-order valence-corrected chi connectivity index (χ1v) is 8.65. The van der Waals surface area contributed by atoms with Crippen LogP contribution in [0.2, 0.25) is 5.02 Å². The van der Waals surface area contributed by atoms with Crippen LogP contribution in [-0.2, 0) is 0 Å². The van der Waals surface area contributed by atoms with Crippen LogP contribution in [0.4, 0.5) is 5.69 Å². The molecule has 3 atom stereocenters. The lowest BCUT2D eigenvalue weighted by Gasteiger charge is -2.27. The van der Waals surface area contributed by atoms with Crippen molar-refractivity contribution in [3.05, 3.63) is 26.8 Å². The van der Waals surface area contributed by atoms with Crippen molar-refractivity contribution in [3.8, 4) is 0 Å². The molecule has 2 aliphatic rings. The zero-order valence-corrected chi connectivity index (χ0v) is 13.9. The standard InChI is InChI=1S/C15H20ClIN2/c16-10-6-7-15(12(17)9-10)19-14-4-1-3-11(14)13-5-2-8-18-13/h6-7,9,11,13-14,18-19H,1-5,8H2. The van der Waals surface area contributed by atoms with Gasteiger partial charge in [0, 0.05) is 26.4 Å². The first-order valence-electron chi connectivity index (χ1n) is 7.19. The average Bonchev–Trinajstić information content (AvgIpc) is 3.03. The molecule has 0 amide bonds. The van der Waals surface area contributed by atoms with E-state index >= 15 is 0 Å². The van der Waals surface area contributed by atoms with Crippen molar-refractivity contribution >= 4 is 39.9 Å². The van der Waals surface area contributed by atoms with Gasteiger partial charge >= 0.3 is 0 Å². The number of halogens is 2. The number of nitrogens with one attached hydrogen (secondary N) is 2. The molecule has 0 bridgehead atoms. The molecule has 0 radical (unpaired) electrons. The van der Waals surface area contributed by atoms with Crippen molar-refractivity contribution < 1.29 is 0 Å². The molecule has 1 saturated heterocycles. The summed E-state index contributed by atoms with van der Waals surface area (Å²) in [5.41, 5.74) is 1.24. The number of rotatable bonds is 3. The molecule has 1 aliphatic carbocycles. The molecule has 3 unspecified atom stereocenters. The minimum absolute atomic E-state index is 0.616. The van der Waals surface area contributed by atoms with E-state index in [1.54, 1.807) is 0 Å². The van der Waals surface area contributed by atoms with Crippen molar-refractivity contribution in [2.24, 2.45) is 5.92 Å². The predicted octanol–water partition coefficient (Wildman–Crippen LogP) is 4.28. The van der Waals surface area contributed by atoms with Crippen LogP contribution in [0.25, 0.3) is 0 Å². The largest absolute Gasteiger partial charge is 0.381 e. The fourth-order valence-electron chi connectivity index (χ4n) is 3.53. The van der Waals surface area contributed by atoms with Gasteiger partial charge in [0.2, 0.25) is 0 Å². The Morgan fingerprint density at radius 1 is 1.21 bits per heavy atom. The van der Waals surface area contributed by atoms with E-state index in [0.717, 1.165) is 17.0 Å². The molecule has 0 aromatic heterocycles. The number of anilines is 1. The summed E-state index contributed by atoms with van der Waals surface area (Å²) in [5, 5.41) is 8.25. The second-order valence-electron chi connectivity index (χ2n) is 5.67. The molecule has 1 saturated carbocycles. The van der Waals surface area contributed by atoms with Gasteiger partial charge in [-0.05, 0) is 78.9 Å². The van der Waals surface area contributed by atoms with Crippen molar-refractivity contribution in [2.75, 3.05) is 11.9 Å². The number of hydrogen-bond donors (Lipinski definition) is 2. The molecule has 1 aliphatic heterocycles. The zero-order chi connectivity index (χ0) is 13.2. The van der Waals surface area contributed by atoms with Gasteiger partial charge in [-0.25, -0.2) is 0 Å². The summed E-state index contributed by atoms with van der Waals surface area (Å²) in [6, 6.07) is 7.46. The van der Waals surface area contributed by atoms with Crippen molar-refractivity contribution in [3.63, 3.8) is 0 Å². The Balaban J connectivity index is 1.70. The van der Waals surface area contributed by atoms with Crippen LogP contribution >= 0.6 is 34.2 Å². The van der Waals surface area contributed by atoms with Crippen LogP contribution in [0.5, 0.6) is 0 Å². The Hall–Kier alpha value is -0.000000000000000111. The molecule has 1 aromatic rings. The van der Waals surface area contributed by atoms with Gasteiger partial charge in [-0.15, -0.1) is 0 Å². The normalized spacial score (nSPS) is 30.7. The van der Waals surface area contributed by atoms with Crippen LogP contribution in [0.1, 0.15) is 32.1 Å². The Morgan fingerprint density at radius 3 is 2.84 bits per heavy atom. The van der Waals surface area contributed by atoms with Crippen LogP contribution in [0.3, 0.4) is 0 Å². The molecule has 19 heavy (non-hydrogen) atoms. The van der Waals surface area contributed by atoms with E-state index < -0.39 is 0 Å². The van der Waals surface area contributed by atoms with Crippen molar-refractivity contribution in [2.45, 2.75) is 44.2 Å². The van der Waals surface area contributed by atoms with E-state index in [-0.39, 0.29) is 0 Å². The first kappa shape index (κ1) is 14.0. The monoisotopic (exact) mass is 390 g/mol. The van der Waals surface area contributed by atoms with E-state index in [9.17, 15) is 0 Å². The highest BCUT2D eigenvalue weighted by Crippen LogP contribution is 2.35. The molecule has 1 aromatic carbocycles. The number of hydrogen-bond acceptors (Lipinski definition) is 2. The highest BCUT2D eigenvalue weighted by atomic mass is 127. The third-order valence-corrected chi connectivity index (χ3v) is 5.58. The zero-order valence-electron chi connectivity index (χ0n) is 11.0. The van der Waals surface area contributed by atoms with Crippen LogP contribution in [-0.4, -0.2) is 18.6 Å². The fourth-order valence-corrected chi connectivity index (χ4v) is 4.56. The summed E-state index contributed by atoms with van der Waals surface area (Å²) >= 11 is 8.39. The minimum Gasteiger partial charge on any atom is -0.381 e. The van der Waals surface area contributed by atoms with Crippen LogP contribution in [0, 0.1) is 9.49 Å². The average molecular weight is 391 g/mol. The third kappa shape index (κ3) is 3.19. The summed E-state index contributed by atoms with van der Waals surface area (Å²) in [7, 11) is 0. The second kappa shape index (κ2) is 6.19. The predicted molar refractivity (Wildman–Crippen MR) is 89.9 cm³/mol. The van der Waals surface area contributed by atoms with Gasteiger partial charge < -0.3 is 10.6 Å². The molecular weight excluding hydrogens is 371 g/mol. The van der Waals surface area contributed by atoms with E-state index in [1.165, 1.54) is 47.9 Å². The topological polar surface area (TPSA) is 24.1 Å². The second-order valence-corrected chi connectivity index (χ2v) is 7.27. The summed E-state index contributed by atoms with van der Waals surface area (Å²) in [4.78, 5) is 0.